The first-order valence-electron chi connectivity index (χ1n) is 9.12. The molecule has 2 rings (SSSR count). The lowest BCUT2D eigenvalue weighted by Crippen LogP contribution is -2.60. The maximum absolute atomic E-state index is 11.8. The van der Waals surface area contributed by atoms with Crippen LogP contribution in [0.15, 0.2) is 23.8 Å². The molecule has 0 aromatic carbocycles. The van der Waals surface area contributed by atoms with E-state index in [-0.39, 0.29) is 17.4 Å². The van der Waals surface area contributed by atoms with Crippen LogP contribution in [0, 0.1) is 5.92 Å². The second-order valence-electron chi connectivity index (χ2n) is 6.95. The maximum atomic E-state index is 11.8. The van der Waals surface area contributed by atoms with Crippen LogP contribution in [-0.2, 0) is 19.7 Å². The highest BCUT2D eigenvalue weighted by atomic mass is 32.2. The van der Waals surface area contributed by atoms with Gasteiger partial charge in [-0.05, 0) is 19.3 Å². The lowest BCUT2D eigenvalue weighted by molar-refractivity contribution is -0.145. The summed E-state index contributed by atoms with van der Waals surface area (Å²) in [7, 11) is -3.67. The first kappa shape index (κ1) is 23.3. The Morgan fingerprint density at radius 3 is 2.22 bits per heavy atom. The van der Waals surface area contributed by atoms with E-state index in [2.05, 4.69) is 5.32 Å². The fourth-order valence-electron chi connectivity index (χ4n) is 3.43. The smallest absolute Gasteiger partial charge is 0.331 e. The molecule has 0 spiro atoms. The third-order valence-electron chi connectivity index (χ3n) is 4.90. The van der Waals surface area contributed by atoms with Crippen molar-refractivity contribution in [3.05, 3.63) is 23.8 Å². The largest absolute Gasteiger partial charge is 0.480 e. The Labute approximate surface area is 160 Å². The van der Waals surface area contributed by atoms with Gasteiger partial charge < -0.3 is 10.2 Å². The fraction of sp³-hybridized carbons (Fsp3) is 0.667. The van der Waals surface area contributed by atoms with Gasteiger partial charge in [-0.3, -0.25) is 9.87 Å². The molecular formula is C18H29NO7S. The zero-order chi connectivity index (χ0) is 20.7. The second kappa shape index (κ2) is 10.0. The molecule has 0 aliphatic heterocycles. The molecule has 2 atom stereocenters. The molecule has 9 heteroatoms. The van der Waals surface area contributed by atoms with Gasteiger partial charge in [-0.15, -0.1) is 0 Å². The molecule has 8 nitrogen and oxygen atoms in total. The topological polar surface area (TPSA) is 141 Å². The molecule has 4 N–H and O–H groups in total. The molecule has 0 radical (unpaired) electrons. The summed E-state index contributed by atoms with van der Waals surface area (Å²) in [6.07, 6.45) is 10.3. The number of aliphatic carboxylic acids is 2. The molecule has 2 aliphatic rings. The molecule has 0 aromatic heterocycles. The monoisotopic (exact) mass is 403 g/mol. The van der Waals surface area contributed by atoms with Gasteiger partial charge in [-0.1, -0.05) is 51.3 Å². The van der Waals surface area contributed by atoms with Gasteiger partial charge >= 0.3 is 11.9 Å². The minimum Gasteiger partial charge on any atom is -0.480 e. The molecule has 1 saturated carbocycles. The number of hydrogen-bond donors (Lipinski definition) is 4. The molecule has 1 fully saturated rings. The summed E-state index contributed by atoms with van der Waals surface area (Å²) in [5.41, 5.74) is -1.18. The van der Waals surface area contributed by atoms with Gasteiger partial charge in [-0.25, -0.2) is 9.59 Å². The Morgan fingerprint density at radius 1 is 1.22 bits per heavy atom. The van der Waals surface area contributed by atoms with Crippen molar-refractivity contribution in [3.8, 4) is 0 Å². The van der Waals surface area contributed by atoms with Gasteiger partial charge in [0.05, 0.1) is 5.75 Å². The first-order chi connectivity index (χ1) is 12.5. The van der Waals surface area contributed by atoms with Crippen molar-refractivity contribution >= 4 is 22.1 Å². The number of allylic oxidation sites excluding steroid dienone is 2. The average Bonchev–Trinajstić information content (AvgIpc) is 2.56. The average molecular weight is 403 g/mol. The van der Waals surface area contributed by atoms with Crippen molar-refractivity contribution < 1.29 is 32.8 Å². The van der Waals surface area contributed by atoms with Gasteiger partial charge in [-0.2, -0.15) is 8.42 Å². The second-order valence-corrected chi connectivity index (χ2v) is 8.52. The number of nitrogens with one attached hydrogen (secondary N) is 1. The lowest BCUT2D eigenvalue weighted by atomic mass is 9.75. The van der Waals surface area contributed by atoms with Crippen molar-refractivity contribution in [1.29, 1.82) is 0 Å². The molecular weight excluding hydrogens is 374 g/mol. The van der Waals surface area contributed by atoms with E-state index >= 15 is 0 Å². The SMILES string of the molecule is CC1C(C(=O)O)=CC=CC1(NC1CCCCC1)C(=O)O.CCCS(=O)(=O)O. The Hall–Kier alpha value is -1.71. The van der Waals surface area contributed by atoms with Crippen molar-refractivity contribution in [2.75, 3.05) is 5.75 Å². The molecule has 2 unspecified atom stereocenters. The Bertz CT molecular complexity index is 692. The van der Waals surface area contributed by atoms with E-state index in [4.69, 9.17) is 4.55 Å². The van der Waals surface area contributed by atoms with E-state index in [0.29, 0.717) is 6.42 Å². The highest BCUT2D eigenvalue weighted by molar-refractivity contribution is 7.85. The van der Waals surface area contributed by atoms with Crippen LogP contribution in [0.25, 0.3) is 0 Å². The molecule has 154 valence electrons. The summed E-state index contributed by atoms with van der Waals surface area (Å²) in [5, 5.41) is 22.1. The van der Waals surface area contributed by atoms with E-state index in [1.165, 1.54) is 18.6 Å². The summed E-state index contributed by atoms with van der Waals surface area (Å²) in [4.78, 5) is 23.0. The van der Waals surface area contributed by atoms with Crippen LogP contribution in [-0.4, -0.2) is 52.5 Å². The lowest BCUT2D eigenvalue weighted by Gasteiger charge is -2.39. The normalized spacial score (nSPS) is 25.9. The molecule has 27 heavy (non-hydrogen) atoms. The van der Waals surface area contributed by atoms with Crippen LogP contribution < -0.4 is 5.32 Å². The van der Waals surface area contributed by atoms with Crippen molar-refractivity contribution in [2.45, 2.75) is 64.0 Å². The Morgan fingerprint density at radius 2 is 1.81 bits per heavy atom. The van der Waals surface area contributed by atoms with Gasteiger partial charge in [0, 0.05) is 17.5 Å². The Balaban J connectivity index is 0.000000445. The molecule has 0 aromatic rings. The van der Waals surface area contributed by atoms with Crippen LogP contribution in [0.3, 0.4) is 0 Å². The van der Waals surface area contributed by atoms with E-state index < -0.39 is 33.5 Å². The minimum absolute atomic E-state index is 0.132. The quantitative estimate of drug-likeness (QED) is 0.495. The van der Waals surface area contributed by atoms with Crippen LogP contribution in [0.4, 0.5) is 0 Å². The summed E-state index contributed by atoms with van der Waals surface area (Å²) >= 11 is 0. The van der Waals surface area contributed by atoms with Crippen LogP contribution in [0.2, 0.25) is 0 Å². The van der Waals surface area contributed by atoms with Crippen LogP contribution >= 0.6 is 0 Å². The molecule has 0 amide bonds. The maximum Gasteiger partial charge on any atom is 0.331 e. The summed E-state index contributed by atoms with van der Waals surface area (Å²) in [5.74, 6) is -2.81. The fourth-order valence-corrected chi connectivity index (χ4v) is 3.94. The summed E-state index contributed by atoms with van der Waals surface area (Å²) in [6.45, 7) is 3.35. The van der Waals surface area contributed by atoms with E-state index in [9.17, 15) is 28.2 Å². The Kier molecular flexibility index (Phi) is 8.64. The zero-order valence-electron chi connectivity index (χ0n) is 15.7. The highest BCUT2D eigenvalue weighted by Gasteiger charge is 2.47. The number of carbonyl (C=O) groups is 2. The number of carboxylic acids is 2. The van der Waals surface area contributed by atoms with E-state index in [1.54, 1.807) is 19.9 Å². The first-order valence-corrected chi connectivity index (χ1v) is 10.7. The minimum atomic E-state index is -3.67. The number of hydrogen-bond acceptors (Lipinski definition) is 5. The van der Waals surface area contributed by atoms with Crippen LogP contribution in [0.5, 0.6) is 0 Å². The van der Waals surface area contributed by atoms with Gasteiger partial charge in [0.25, 0.3) is 10.1 Å². The van der Waals surface area contributed by atoms with E-state index in [0.717, 1.165) is 25.7 Å². The predicted molar refractivity (Wildman–Crippen MR) is 101 cm³/mol. The van der Waals surface area contributed by atoms with Gasteiger partial charge in [0.1, 0.15) is 5.54 Å². The summed E-state index contributed by atoms with van der Waals surface area (Å²) < 4.78 is 27.6. The predicted octanol–water partition coefficient (Wildman–Crippen LogP) is 2.23. The molecule has 0 heterocycles. The van der Waals surface area contributed by atoms with E-state index in [1.807, 2.05) is 0 Å². The summed E-state index contributed by atoms with van der Waals surface area (Å²) in [6, 6.07) is 0.139. The highest BCUT2D eigenvalue weighted by Crippen LogP contribution is 2.33. The molecule has 0 saturated heterocycles. The number of carboxylic acid groups (broad SMARTS) is 2. The molecule has 0 bridgehead atoms. The van der Waals surface area contributed by atoms with Crippen LogP contribution in [0.1, 0.15) is 52.4 Å². The van der Waals surface area contributed by atoms with Crippen molar-refractivity contribution in [3.63, 3.8) is 0 Å². The van der Waals surface area contributed by atoms with Crippen molar-refractivity contribution in [2.24, 2.45) is 5.92 Å². The zero-order valence-corrected chi connectivity index (χ0v) is 16.5. The third kappa shape index (κ3) is 6.75. The third-order valence-corrected chi connectivity index (χ3v) is 5.82. The standard InChI is InChI=1S/C15H21NO4.C3H8O3S/c1-10-12(13(17)18)8-5-9-15(10,14(19)20)16-11-6-3-2-4-7-11;1-2-3-7(4,5)6/h5,8-11,16H,2-4,6-7H2,1H3,(H,17,18)(H,19,20);2-3H2,1H3,(H,4,5,6). The number of rotatable bonds is 6. The molecule has 2 aliphatic carbocycles. The van der Waals surface area contributed by atoms with Gasteiger partial charge in [0.2, 0.25) is 0 Å². The van der Waals surface area contributed by atoms with Gasteiger partial charge in [0.15, 0.2) is 0 Å². The van der Waals surface area contributed by atoms with Crippen molar-refractivity contribution in [1.82, 2.24) is 5.32 Å².